The number of ether oxygens (including phenoxy) is 2. The first-order chi connectivity index (χ1) is 16.6. The SMILES string of the molecule is CCCC[C@H](C(=O)OCC(=O)Nc1ccccc1OC)N1C(=O)c2c(Cl)c(Cl)c(Cl)c(Cl)c2C1=O. The van der Waals surface area contributed by atoms with Crippen molar-refractivity contribution < 1.29 is 28.7 Å². The summed E-state index contributed by atoms with van der Waals surface area (Å²) in [5, 5.41) is 1.73. The van der Waals surface area contributed by atoms with Crippen LogP contribution in [0.4, 0.5) is 5.69 Å². The van der Waals surface area contributed by atoms with Crippen LogP contribution in [0.2, 0.25) is 20.1 Å². The fourth-order valence-corrected chi connectivity index (χ4v) is 4.58. The van der Waals surface area contributed by atoms with Crippen molar-refractivity contribution in [3.63, 3.8) is 0 Å². The van der Waals surface area contributed by atoms with Crippen molar-refractivity contribution in [2.24, 2.45) is 0 Å². The molecule has 12 heteroatoms. The average Bonchev–Trinajstić information content (AvgIpc) is 3.10. The summed E-state index contributed by atoms with van der Waals surface area (Å²) in [7, 11) is 1.45. The number of carbonyl (C=O) groups is 4. The molecule has 186 valence electrons. The summed E-state index contributed by atoms with van der Waals surface area (Å²) in [6.07, 6.45) is 1.26. The predicted molar refractivity (Wildman–Crippen MR) is 133 cm³/mol. The van der Waals surface area contributed by atoms with Gasteiger partial charge in [-0.2, -0.15) is 0 Å². The van der Waals surface area contributed by atoms with Crippen molar-refractivity contribution in [2.75, 3.05) is 19.0 Å². The Bertz CT molecular complexity index is 1160. The lowest BCUT2D eigenvalue weighted by Crippen LogP contribution is -2.46. The van der Waals surface area contributed by atoms with Crippen molar-refractivity contribution in [3.8, 4) is 5.75 Å². The summed E-state index contributed by atoms with van der Waals surface area (Å²) in [4.78, 5) is 52.4. The highest BCUT2D eigenvalue weighted by Crippen LogP contribution is 2.45. The number of rotatable bonds is 9. The minimum absolute atomic E-state index is 0.103. The molecule has 0 spiro atoms. The molecule has 0 bridgehead atoms. The van der Waals surface area contributed by atoms with E-state index in [2.05, 4.69) is 5.32 Å². The number of unbranched alkanes of at least 4 members (excludes halogenated alkanes) is 1. The lowest BCUT2D eigenvalue weighted by molar-refractivity contribution is -0.151. The second kappa shape index (κ2) is 11.5. The Hall–Kier alpha value is -2.52. The molecule has 1 atom stereocenters. The van der Waals surface area contributed by atoms with E-state index in [0.29, 0.717) is 24.3 Å². The monoisotopic (exact) mass is 560 g/mol. The molecule has 1 aliphatic rings. The van der Waals surface area contributed by atoms with Gasteiger partial charge in [0, 0.05) is 0 Å². The maximum atomic E-state index is 13.2. The zero-order valence-corrected chi connectivity index (χ0v) is 21.6. The van der Waals surface area contributed by atoms with Crippen molar-refractivity contribution >= 4 is 75.8 Å². The number of benzene rings is 2. The van der Waals surface area contributed by atoms with E-state index >= 15 is 0 Å². The lowest BCUT2D eigenvalue weighted by atomic mass is 10.1. The topological polar surface area (TPSA) is 102 Å². The Morgan fingerprint density at radius 2 is 1.54 bits per heavy atom. The number of hydrogen-bond donors (Lipinski definition) is 1. The van der Waals surface area contributed by atoms with Crippen molar-refractivity contribution in [3.05, 3.63) is 55.5 Å². The summed E-state index contributed by atoms with van der Waals surface area (Å²) in [5.74, 6) is -2.86. The lowest BCUT2D eigenvalue weighted by Gasteiger charge is -2.24. The van der Waals surface area contributed by atoms with Gasteiger partial charge in [-0.05, 0) is 18.6 Å². The van der Waals surface area contributed by atoms with Crippen LogP contribution in [0.5, 0.6) is 5.75 Å². The van der Waals surface area contributed by atoms with E-state index in [4.69, 9.17) is 55.9 Å². The molecule has 1 N–H and O–H groups in total. The number of methoxy groups -OCH3 is 1. The van der Waals surface area contributed by atoms with E-state index in [1.54, 1.807) is 24.3 Å². The third kappa shape index (κ3) is 5.35. The third-order valence-electron chi connectivity index (χ3n) is 5.27. The first-order valence-electron chi connectivity index (χ1n) is 10.5. The molecule has 3 rings (SSSR count). The highest BCUT2D eigenvalue weighted by atomic mass is 35.5. The number of fused-ring (bicyclic) bond motifs is 1. The minimum atomic E-state index is -1.31. The molecule has 0 saturated heterocycles. The molecule has 0 fully saturated rings. The van der Waals surface area contributed by atoms with E-state index in [9.17, 15) is 19.2 Å². The van der Waals surface area contributed by atoms with Crippen LogP contribution in [0.15, 0.2) is 24.3 Å². The van der Waals surface area contributed by atoms with Gasteiger partial charge in [-0.3, -0.25) is 19.3 Å². The number of para-hydroxylation sites is 2. The number of amides is 3. The number of anilines is 1. The van der Waals surface area contributed by atoms with Gasteiger partial charge < -0.3 is 14.8 Å². The van der Waals surface area contributed by atoms with Gasteiger partial charge in [-0.1, -0.05) is 78.3 Å². The fourth-order valence-electron chi connectivity index (χ4n) is 3.57. The average molecular weight is 562 g/mol. The molecule has 2 aromatic carbocycles. The number of esters is 1. The fraction of sp³-hybridized carbons (Fsp3) is 0.304. The first kappa shape index (κ1) is 27.1. The standard InChI is InChI=1S/C23H20Cl4N2O6/c1-3-4-8-12(23(33)35-10-14(30)28-11-7-5-6-9-13(11)34-2)29-21(31)15-16(22(29)32)18(25)20(27)19(26)17(15)24/h5-7,9,12H,3-4,8,10H2,1-2H3,(H,28,30)/t12-/m1/s1. The van der Waals surface area contributed by atoms with Crippen LogP contribution >= 0.6 is 46.4 Å². The molecule has 1 heterocycles. The number of nitrogens with one attached hydrogen (secondary N) is 1. The van der Waals surface area contributed by atoms with Crippen LogP contribution in [0.3, 0.4) is 0 Å². The summed E-state index contributed by atoms with van der Waals surface area (Å²) in [5.41, 5.74) is -0.0875. The van der Waals surface area contributed by atoms with Gasteiger partial charge in [0.25, 0.3) is 17.7 Å². The summed E-state index contributed by atoms with van der Waals surface area (Å²) in [6.45, 7) is 1.22. The predicted octanol–water partition coefficient (Wildman–Crippen LogP) is 5.65. The molecule has 0 radical (unpaired) electrons. The van der Waals surface area contributed by atoms with Gasteiger partial charge in [-0.25, -0.2) is 4.79 Å². The number of carbonyl (C=O) groups excluding carboxylic acids is 4. The minimum Gasteiger partial charge on any atom is -0.495 e. The Labute approximate surface area is 221 Å². The van der Waals surface area contributed by atoms with Crippen LogP contribution in [0.1, 0.15) is 46.9 Å². The van der Waals surface area contributed by atoms with Gasteiger partial charge in [-0.15, -0.1) is 0 Å². The first-order valence-corrected chi connectivity index (χ1v) is 12.0. The number of nitrogens with zero attached hydrogens (tertiary/aromatic N) is 1. The van der Waals surface area contributed by atoms with Gasteiger partial charge in [0.2, 0.25) is 0 Å². The Balaban J connectivity index is 1.81. The molecular formula is C23H20Cl4N2O6. The van der Waals surface area contributed by atoms with Crippen LogP contribution in [-0.4, -0.2) is 48.3 Å². The van der Waals surface area contributed by atoms with E-state index in [1.807, 2.05) is 6.92 Å². The van der Waals surface area contributed by atoms with Crippen molar-refractivity contribution in [1.82, 2.24) is 4.90 Å². The number of imide groups is 1. The molecule has 8 nitrogen and oxygen atoms in total. The molecule has 0 aliphatic carbocycles. The van der Waals surface area contributed by atoms with Gasteiger partial charge in [0.05, 0.1) is 44.0 Å². The van der Waals surface area contributed by atoms with E-state index in [1.165, 1.54) is 7.11 Å². The Kier molecular flexibility index (Phi) is 8.88. The summed E-state index contributed by atoms with van der Waals surface area (Å²) >= 11 is 24.5. The van der Waals surface area contributed by atoms with E-state index in [-0.39, 0.29) is 37.6 Å². The van der Waals surface area contributed by atoms with Crippen LogP contribution in [-0.2, 0) is 14.3 Å². The molecule has 35 heavy (non-hydrogen) atoms. The third-order valence-corrected chi connectivity index (χ3v) is 7.08. The van der Waals surface area contributed by atoms with Gasteiger partial charge in [0.1, 0.15) is 11.8 Å². The van der Waals surface area contributed by atoms with Crippen molar-refractivity contribution in [2.45, 2.75) is 32.2 Å². The molecular weight excluding hydrogens is 542 g/mol. The zero-order valence-electron chi connectivity index (χ0n) is 18.6. The van der Waals surface area contributed by atoms with Gasteiger partial charge >= 0.3 is 5.97 Å². The number of halogens is 4. The van der Waals surface area contributed by atoms with Crippen LogP contribution in [0, 0.1) is 0 Å². The Morgan fingerprint density at radius 1 is 0.971 bits per heavy atom. The maximum Gasteiger partial charge on any atom is 0.329 e. The molecule has 0 unspecified atom stereocenters. The largest absolute Gasteiger partial charge is 0.495 e. The van der Waals surface area contributed by atoms with Crippen LogP contribution < -0.4 is 10.1 Å². The molecule has 0 aromatic heterocycles. The summed E-state index contributed by atoms with van der Waals surface area (Å²) in [6, 6.07) is 5.38. The number of hydrogen-bond acceptors (Lipinski definition) is 6. The second-order valence-corrected chi connectivity index (χ2v) is 9.01. The molecule has 2 aromatic rings. The molecule has 3 amide bonds. The highest BCUT2D eigenvalue weighted by Gasteiger charge is 2.47. The maximum absolute atomic E-state index is 13.2. The molecule has 1 aliphatic heterocycles. The normalized spacial score (nSPS) is 13.5. The molecule has 0 saturated carbocycles. The Morgan fingerprint density at radius 3 is 2.09 bits per heavy atom. The van der Waals surface area contributed by atoms with Crippen LogP contribution in [0.25, 0.3) is 0 Å². The van der Waals surface area contributed by atoms with Crippen molar-refractivity contribution in [1.29, 1.82) is 0 Å². The smallest absolute Gasteiger partial charge is 0.329 e. The zero-order chi connectivity index (χ0) is 25.9. The summed E-state index contributed by atoms with van der Waals surface area (Å²) < 4.78 is 10.3. The second-order valence-electron chi connectivity index (χ2n) is 7.50. The van der Waals surface area contributed by atoms with E-state index < -0.39 is 36.3 Å². The quantitative estimate of drug-likeness (QED) is 0.184. The highest BCUT2D eigenvalue weighted by molar-refractivity contribution is 6.55. The van der Waals surface area contributed by atoms with E-state index in [0.717, 1.165) is 4.90 Å². The van der Waals surface area contributed by atoms with Gasteiger partial charge in [0.15, 0.2) is 6.61 Å².